The zero-order valence-electron chi connectivity index (χ0n) is 9.81. The van der Waals surface area contributed by atoms with Crippen molar-refractivity contribution in [1.82, 2.24) is 9.97 Å². The van der Waals surface area contributed by atoms with E-state index < -0.39 is 0 Å². The summed E-state index contributed by atoms with van der Waals surface area (Å²) >= 11 is 0. The lowest BCUT2D eigenvalue weighted by Gasteiger charge is -2.29. The van der Waals surface area contributed by atoms with Gasteiger partial charge in [0.2, 0.25) is 5.91 Å². The quantitative estimate of drug-likeness (QED) is 0.859. The molecule has 17 heavy (non-hydrogen) atoms. The largest absolute Gasteiger partial charge is 0.345 e. The lowest BCUT2D eigenvalue weighted by atomic mass is 9.84. The standard InChI is InChI=1S/C13H15N3O/c1-16(13(17)9-3-2-4-9)10-5-6-11-12(7-10)15-8-14-11/h5-9H,2-4H2,1H3,(H,14,15). The fourth-order valence-electron chi connectivity index (χ4n) is 2.19. The first-order valence-corrected chi connectivity index (χ1v) is 5.96. The number of amides is 1. The molecular weight excluding hydrogens is 214 g/mol. The summed E-state index contributed by atoms with van der Waals surface area (Å²) in [6.45, 7) is 0. The zero-order valence-corrected chi connectivity index (χ0v) is 9.81. The number of anilines is 1. The maximum absolute atomic E-state index is 12.1. The van der Waals surface area contributed by atoms with Gasteiger partial charge in [-0.15, -0.1) is 0 Å². The van der Waals surface area contributed by atoms with Crippen molar-refractivity contribution < 1.29 is 4.79 Å². The van der Waals surface area contributed by atoms with E-state index in [0.29, 0.717) is 0 Å². The Balaban J connectivity index is 1.88. The number of fused-ring (bicyclic) bond motifs is 1. The highest BCUT2D eigenvalue weighted by molar-refractivity contribution is 5.96. The molecule has 1 N–H and O–H groups in total. The molecule has 1 aromatic heterocycles. The predicted molar refractivity (Wildman–Crippen MR) is 66.8 cm³/mol. The number of nitrogens with one attached hydrogen (secondary N) is 1. The van der Waals surface area contributed by atoms with E-state index in [9.17, 15) is 4.79 Å². The molecule has 1 amide bonds. The van der Waals surface area contributed by atoms with Crippen LogP contribution in [0.25, 0.3) is 11.0 Å². The van der Waals surface area contributed by atoms with Gasteiger partial charge in [0.15, 0.2) is 0 Å². The van der Waals surface area contributed by atoms with Gasteiger partial charge in [0, 0.05) is 18.7 Å². The molecule has 4 heteroatoms. The van der Waals surface area contributed by atoms with Gasteiger partial charge in [-0.25, -0.2) is 4.98 Å². The summed E-state index contributed by atoms with van der Waals surface area (Å²) < 4.78 is 0. The van der Waals surface area contributed by atoms with Gasteiger partial charge >= 0.3 is 0 Å². The minimum Gasteiger partial charge on any atom is -0.345 e. The number of nitrogens with zero attached hydrogens (tertiary/aromatic N) is 2. The highest BCUT2D eigenvalue weighted by atomic mass is 16.2. The smallest absolute Gasteiger partial charge is 0.229 e. The van der Waals surface area contributed by atoms with E-state index in [1.807, 2.05) is 25.2 Å². The molecule has 0 bridgehead atoms. The predicted octanol–water partition coefficient (Wildman–Crippen LogP) is 2.33. The van der Waals surface area contributed by atoms with E-state index in [4.69, 9.17) is 0 Å². The van der Waals surface area contributed by atoms with Gasteiger partial charge < -0.3 is 9.88 Å². The van der Waals surface area contributed by atoms with Crippen molar-refractivity contribution in [3.8, 4) is 0 Å². The van der Waals surface area contributed by atoms with Crippen LogP contribution in [-0.4, -0.2) is 22.9 Å². The summed E-state index contributed by atoms with van der Waals surface area (Å²) in [5.74, 6) is 0.465. The summed E-state index contributed by atoms with van der Waals surface area (Å²) in [4.78, 5) is 21.1. The first kappa shape index (κ1) is 10.3. The number of carbonyl (C=O) groups is 1. The van der Waals surface area contributed by atoms with E-state index in [0.717, 1.165) is 29.6 Å². The fraction of sp³-hybridized carbons (Fsp3) is 0.385. The second kappa shape index (κ2) is 3.87. The maximum atomic E-state index is 12.1. The van der Waals surface area contributed by atoms with Gasteiger partial charge in [-0.1, -0.05) is 6.42 Å². The van der Waals surface area contributed by atoms with Crippen molar-refractivity contribution in [2.24, 2.45) is 5.92 Å². The zero-order chi connectivity index (χ0) is 11.8. The molecule has 3 rings (SSSR count). The summed E-state index contributed by atoms with van der Waals surface area (Å²) in [6.07, 6.45) is 4.93. The molecule has 1 aliphatic rings. The van der Waals surface area contributed by atoms with Crippen LogP contribution >= 0.6 is 0 Å². The highest BCUT2D eigenvalue weighted by Crippen LogP contribution is 2.30. The molecule has 0 atom stereocenters. The van der Waals surface area contributed by atoms with Gasteiger partial charge in [0.05, 0.1) is 17.4 Å². The van der Waals surface area contributed by atoms with Crippen molar-refractivity contribution in [1.29, 1.82) is 0 Å². The first-order valence-electron chi connectivity index (χ1n) is 5.96. The number of imidazole rings is 1. The summed E-state index contributed by atoms with van der Waals surface area (Å²) in [7, 11) is 1.85. The van der Waals surface area contributed by atoms with E-state index in [1.165, 1.54) is 6.42 Å². The van der Waals surface area contributed by atoms with E-state index in [-0.39, 0.29) is 11.8 Å². The molecule has 1 aromatic carbocycles. The molecule has 0 saturated heterocycles. The molecule has 4 nitrogen and oxygen atoms in total. The number of hydrogen-bond acceptors (Lipinski definition) is 2. The maximum Gasteiger partial charge on any atom is 0.229 e. The number of rotatable bonds is 2. The average molecular weight is 229 g/mol. The number of benzene rings is 1. The van der Waals surface area contributed by atoms with E-state index >= 15 is 0 Å². The van der Waals surface area contributed by atoms with Gasteiger partial charge in [-0.3, -0.25) is 4.79 Å². The minimum absolute atomic E-state index is 0.232. The monoisotopic (exact) mass is 229 g/mol. The van der Waals surface area contributed by atoms with E-state index in [2.05, 4.69) is 9.97 Å². The Morgan fingerprint density at radius 3 is 3.00 bits per heavy atom. The van der Waals surface area contributed by atoms with E-state index in [1.54, 1.807) is 11.2 Å². The first-order chi connectivity index (χ1) is 8.25. The van der Waals surface area contributed by atoms with Crippen LogP contribution in [0.3, 0.4) is 0 Å². The second-order valence-electron chi connectivity index (χ2n) is 4.63. The Kier molecular flexibility index (Phi) is 2.35. The summed E-state index contributed by atoms with van der Waals surface area (Å²) in [5.41, 5.74) is 2.83. The Bertz CT molecular complexity index is 557. The van der Waals surface area contributed by atoms with Crippen LogP contribution in [0.15, 0.2) is 24.5 Å². The van der Waals surface area contributed by atoms with Gasteiger partial charge in [-0.2, -0.15) is 0 Å². The molecular formula is C13H15N3O. The average Bonchev–Trinajstić information content (AvgIpc) is 2.72. The third-order valence-electron chi connectivity index (χ3n) is 3.58. The molecule has 1 aliphatic carbocycles. The summed E-state index contributed by atoms with van der Waals surface area (Å²) in [6, 6.07) is 5.85. The normalized spacial score (nSPS) is 15.8. The fourth-order valence-corrected chi connectivity index (χ4v) is 2.19. The molecule has 88 valence electrons. The third kappa shape index (κ3) is 1.69. The van der Waals surface area contributed by atoms with Gasteiger partial charge in [-0.05, 0) is 31.0 Å². The molecule has 0 spiro atoms. The number of hydrogen-bond donors (Lipinski definition) is 1. The topological polar surface area (TPSA) is 49.0 Å². The van der Waals surface area contributed by atoms with Crippen LogP contribution in [-0.2, 0) is 4.79 Å². The Morgan fingerprint density at radius 2 is 2.29 bits per heavy atom. The van der Waals surface area contributed by atoms with Crippen molar-refractivity contribution in [2.75, 3.05) is 11.9 Å². The van der Waals surface area contributed by atoms with Crippen LogP contribution in [0.5, 0.6) is 0 Å². The van der Waals surface area contributed by atoms with Crippen LogP contribution in [0, 0.1) is 5.92 Å². The second-order valence-corrected chi connectivity index (χ2v) is 4.63. The number of H-pyrrole nitrogens is 1. The molecule has 2 aromatic rings. The van der Waals surface area contributed by atoms with Crippen LogP contribution in [0.2, 0.25) is 0 Å². The van der Waals surface area contributed by atoms with Crippen LogP contribution < -0.4 is 4.90 Å². The molecule has 0 aliphatic heterocycles. The Hall–Kier alpha value is -1.84. The minimum atomic E-state index is 0.232. The molecule has 1 heterocycles. The van der Waals surface area contributed by atoms with Gasteiger partial charge in [0.1, 0.15) is 0 Å². The number of aromatic amines is 1. The van der Waals surface area contributed by atoms with Crippen LogP contribution in [0.4, 0.5) is 5.69 Å². The lowest BCUT2D eigenvalue weighted by molar-refractivity contribution is -0.124. The van der Waals surface area contributed by atoms with Crippen molar-refractivity contribution in [3.05, 3.63) is 24.5 Å². The molecule has 0 radical (unpaired) electrons. The summed E-state index contributed by atoms with van der Waals surface area (Å²) in [5, 5.41) is 0. The SMILES string of the molecule is CN(C(=O)C1CCC1)c1ccc2nc[nH]c2c1. The van der Waals surface area contributed by atoms with Crippen molar-refractivity contribution >= 4 is 22.6 Å². The third-order valence-corrected chi connectivity index (χ3v) is 3.58. The highest BCUT2D eigenvalue weighted by Gasteiger charge is 2.28. The lowest BCUT2D eigenvalue weighted by Crippen LogP contribution is -2.36. The van der Waals surface area contributed by atoms with Crippen molar-refractivity contribution in [2.45, 2.75) is 19.3 Å². The van der Waals surface area contributed by atoms with Crippen LogP contribution in [0.1, 0.15) is 19.3 Å². The number of aromatic nitrogens is 2. The Morgan fingerprint density at radius 1 is 1.47 bits per heavy atom. The molecule has 1 fully saturated rings. The Labute approximate surface area is 99.6 Å². The number of carbonyl (C=O) groups excluding carboxylic acids is 1. The van der Waals surface area contributed by atoms with Crippen molar-refractivity contribution in [3.63, 3.8) is 0 Å². The van der Waals surface area contributed by atoms with Gasteiger partial charge in [0.25, 0.3) is 0 Å². The molecule has 0 unspecified atom stereocenters. The molecule has 1 saturated carbocycles.